The average molecular weight is 599 g/mol. The standard InChI is InChI=1S/C22H40ClN6O7PS/c1-13(2)36-20(30)14(3)29-37(32,34-8-9-38-21(31)22(4,5)6)35-11-15(33-7)10-16(23)28-19-17(24)18(25)26-12-27-19/h12-16H,8-11,24H2,1-7H3,(H,29,32)(H3,25,26,27,28). The van der Waals surface area contributed by atoms with Crippen molar-refractivity contribution >= 4 is 59.5 Å². The van der Waals surface area contributed by atoms with E-state index in [2.05, 4.69) is 20.4 Å². The van der Waals surface area contributed by atoms with Gasteiger partial charge in [-0.1, -0.05) is 44.1 Å². The van der Waals surface area contributed by atoms with E-state index in [-0.39, 0.29) is 53.9 Å². The normalized spacial score (nSPS) is 15.9. The van der Waals surface area contributed by atoms with E-state index >= 15 is 0 Å². The van der Waals surface area contributed by atoms with Crippen LogP contribution in [-0.4, -0.2) is 70.9 Å². The van der Waals surface area contributed by atoms with Crippen LogP contribution in [0, 0.1) is 5.41 Å². The third kappa shape index (κ3) is 12.5. The van der Waals surface area contributed by atoms with E-state index in [0.29, 0.717) is 0 Å². The van der Waals surface area contributed by atoms with Gasteiger partial charge in [-0.15, -0.1) is 0 Å². The van der Waals surface area contributed by atoms with E-state index in [4.69, 9.17) is 41.6 Å². The molecule has 0 saturated carbocycles. The van der Waals surface area contributed by atoms with Crippen LogP contribution in [0.15, 0.2) is 6.33 Å². The summed E-state index contributed by atoms with van der Waals surface area (Å²) >= 11 is 7.45. The molecule has 0 bridgehead atoms. The number of carbonyl (C=O) groups excluding carboxylic acids is 2. The van der Waals surface area contributed by atoms with E-state index in [1.54, 1.807) is 34.6 Å². The molecule has 13 nitrogen and oxygen atoms in total. The van der Waals surface area contributed by atoms with E-state index in [1.165, 1.54) is 20.4 Å². The summed E-state index contributed by atoms with van der Waals surface area (Å²) in [4.78, 5) is 32.2. The summed E-state index contributed by atoms with van der Waals surface area (Å²) in [6.07, 6.45) is 0.423. The Balaban J connectivity index is 2.83. The molecule has 6 N–H and O–H groups in total. The number of carbonyl (C=O) groups is 2. The Bertz CT molecular complexity index is 969. The molecule has 0 aromatic carbocycles. The molecule has 0 aliphatic rings. The van der Waals surface area contributed by atoms with Crippen LogP contribution >= 0.6 is 31.1 Å². The van der Waals surface area contributed by atoms with Gasteiger partial charge in [0.1, 0.15) is 23.6 Å². The van der Waals surface area contributed by atoms with E-state index in [9.17, 15) is 14.2 Å². The smallest absolute Gasteiger partial charge is 0.406 e. The van der Waals surface area contributed by atoms with Crippen molar-refractivity contribution < 1.29 is 32.7 Å². The summed E-state index contributed by atoms with van der Waals surface area (Å²) in [5.41, 5.74) is 10.5. The van der Waals surface area contributed by atoms with Gasteiger partial charge in [-0.05, 0) is 20.8 Å². The number of thioether (sulfide) groups is 1. The van der Waals surface area contributed by atoms with E-state index in [1.807, 2.05) is 0 Å². The highest BCUT2D eigenvalue weighted by Gasteiger charge is 2.33. The molecule has 1 aromatic rings. The topological polar surface area (TPSA) is 190 Å². The van der Waals surface area contributed by atoms with Crippen molar-refractivity contribution in [2.24, 2.45) is 5.41 Å². The van der Waals surface area contributed by atoms with Gasteiger partial charge in [-0.2, -0.15) is 0 Å². The SMILES string of the molecule is COC(COP(=O)(NC(C)C(=O)OC(C)C)OCCSC(=O)C(C)(C)C)CC(Cl)Nc1ncnc(N)c1N. The largest absolute Gasteiger partial charge is 0.462 e. The third-order valence-electron chi connectivity index (χ3n) is 4.69. The van der Waals surface area contributed by atoms with Crippen LogP contribution in [0.5, 0.6) is 0 Å². The maximum absolute atomic E-state index is 13.5. The lowest BCUT2D eigenvalue weighted by molar-refractivity contribution is -0.149. The highest BCUT2D eigenvalue weighted by Crippen LogP contribution is 2.45. The minimum absolute atomic E-state index is 0.0372. The summed E-state index contributed by atoms with van der Waals surface area (Å²) < 4.78 is 35.3. The number of ether oxygens (including phenoxy) is 2. The van der Waals surface area contributed by atoms with Gasteiger partial charge >= 0.3 is 13.7 Å². The number of rotatable bonds is 16. The van der Waals surface area contributed by atoms with E-state index in [0.717, 1.165) is 11.8 Å². The van der Waals surface area contributed by atoms with Gasteiger partial charge in [-0.3, -0.25) is 18.6 Å². The molecule has 4 atom stereocenters. The van der Waals surface area contributed by atoms with Gasteiger partial charge in [0.15, 0.2) is 16.8 Å². The van der Waals surface area contributed by atoms with Gasteiger partial charge in [0.2, 0.25) is 0 Å². The Morgan fingerprint density at radius 3 is 2.42 bits per heavy atom. The van der Waals surface area contributed by atoms with Crippen molar-refractivity contribution in [2.45, 2.75) is 71.7 Å². The number of nitrogens with two attached hydrogens (primary N) is 2. The van der Waals surface area contributed by atoms with Crippen LogP contribution in [0.4, 0.5) is 17.3 Å². The number of esters is 1. The van der Waals surface area contributed by atoms with Gasteiger partial charge < -0.3 is 26.3 Å². The number of nitrogens with one attached hydrogen (secondary N) is 2. The second kappa shape index (κ2) is 15.8. The number of hydrogen-bond donors (Lipinski definition) is 4. The third-order valence-corrected chi connectivity index (χ3v) is 7.94. The van der Waals surface area contributed by atoms with Crippen LogP contribution in [-0.2, 0) is 32.7 Å². The van der Waals surface area contributed by atoms with Crippen molar-refractivity contribution in [3.63, 3.8) is 0 Å². The van der Waals surface area contributed by atoms with Gasteiger partial charge in [0.05, 0.1) is 25.4 Å². The number of alkyl halides is 1. The molecule has 218 valence electrons. The van der Waals surface area contributed by atoms with E-state index < -0.39 is 36.8 Å². The molecule has 4 unspecified atom stereocenters. The predicted molar refractivity (Wildman–Crippen MR) is 150 cm³/mol. The Kier molecular flexibility index (Phi) is 14.3. The summed E-state index contributed by atoms with van der Waals surface area (Å²) in [5.74, 6) is -0.0287. The zero-order valence-electron chi connectivity index (χ0n) is 22.9. The van der Waals surface area contributed by atoms with Crippen molar-refractivity contribution in [3.8, 4) is 0 Å². The van der Waals surface area contributed by atoms with Crippen LogP contribution in [0.3, 0.4) is 0 Å². The quantitative estimate of drug-likeness (QED) is 0.0711. The maximum Gasteiger partial charge on any atom is 0.406 e. The number of hydrogen-bond acceptors (Lipinski definition) is 13. The number of nitrogens with zero attached hydrogens (tertiary/aromatic N) is 2. The molecule has 16 heteroatoms. The van der Waals surface area contributed by atoms with Crippen molar-refractivity contribution in [2.75, 3.05) is 42.9 Å². The number of methoxy groups -OCH3 is 1. The second-order valence-corrected chi connectivity index (χ2v) is 12.9. The summed E-state index contributed by atoms with van der Waals surface area (Å²) in [7, 11) is -2.61. The molecule has 0 aliphatic carbocycles. The molecular formula is C22H40ClN6O7PS. The molecule has 0 spiro atoms. The predicted octanol–water partition coefficient (Wildman–Crippen LogP) is 3.40. The lowest BCUT2D eigenvalue weighted by atomic mass is 10.00. The van der Waals surface area contributed by atoms with Crippen molar-refractivity contribution in [1.82, 2.24) is 15.1 Å². The Labute approximate surface area is 233 Å². The van der Waals surface area contributed by atoms with Crippen LogP contribution in [0.2, 0.25) is 0 Å². The van der Waals surface area contributed by atoms with Crippen LogP contribution < -0.4 is 21.9 Å². The minimum Gasteiger partial charge on any atom is -0.462 e. The lowest BCUT2D eigenvalue weighted by Crippen LogP contribution is -2.36. The first-order chi connectivity index (χ1) is 17.6. The fraction of sp³-hybridized carbons (Fsp3) is 0.727. The number of aromatic nitrogens is 2. The van der Waals surface area contributed by atoms with Crippen LogP contribution in [0.1, 0.15) is 48.0 Å². The lowest BCUT2D eigenvalue weighted by Gasteiger charge is -2.26. The number of anilines is 3. The summed E-state index contributed by atoms with van der Waals surface area (Å²) in [5, 5.41) is 5.46. The summed E-state index contributed by atoms with van der Waals surface area (Å²) in [6.45, 7) is 10.0. The minimum atomic E-state index is -4.04. The van der Waals surface area contributed by atoms with Crippen LogP contribution in [0.25, 0.3) is 0 Å². The molecule has 1 heterocycles. The molecule has 1 rings (SSSR count). The zero-order chi connectivity index (χ0) is 29.1. The molecule has 0 amide bonds. The average Bonchev–Trinajstić information content (AvgIpc) is 2.81. The number of nitrogen functional groups attached to an aromatic ring is 2. The molecule has 0 aliphatic heterocycles. The van der Waals surface area contributed by atoms with Crippen molar-refractivity contribution in [3.05, 3.63) is 6.33 Å². The Morgan fingerprint density at radius 2 is 1.84 bits per heavy atom. The molecule has 38 heavy (non-hydrogen) atoms. The first kappa shape index (κ1) is 34.4. The van der Waals surface area contributed by atoms with Gasteiger partial charge in [0.25, 0.3) is 0 Å². The molecule has 0 radical (unpaired) electrons. The zero-order valence-corrected chi connectivity index (χ0v) is 25.3. The van der Waals surface area contributed by atoms with Gasteiger partial charge in [-0.25, -0.2) is 19.6 Å². The second-order valence-electron chi connectivity index (χ2n) is 9.58. The Hall–Kier alpha value is -1.67. The molecular weight excluding hydrogens is 559 g/mol. The van der Waals surface area contributed by atoms with Crippen molar-refractivity contribution in [1.29, 1.82) is 0 Å². The highest BCUT2D eigenvalue weighted by atomic mass is 35.5. The fourth-order valence-electron chi connectivity index (χ4n) is 2.62. The number of halogens is 1. The fourth-order valence-corrected chi connectivity index (χ4v) is 5.33. The molecule has 0 saturated heterocycles. The first-order valence-corrected chi connectivity index (χ1v) is 14.9. The highest BCUT2D eigenvalue weighted by molar-refractivity contribution is 8.13. The monoisotopic (exact) mass is 598 g/mol. The first-order valence-electron chi connectivity index (χ1n) is 11.9. The molecule has 1 aromatic heterocycles. The Morgan fingerprint density at radius 1 is 1.18 bits per heavy atom. The maximum atomic E-state index is 13.5. The molecule has 0 fully saturated rings. The van der Waals surface area contributed by atoms with Gasteiger partial charge in [0, 0.05) is 24.7 Å². The summed E-state index contributed by atoms with van der Waals surface area (Å²) in [6, 6.07) is -0.998.